The lowest BCUT2D eigenvalue weighted by Gasteiger charge is -2.13. The van der Waals surface area contributed by atoms with E-state index in [1.165, 1.54) is 16.7 Å². The highest BCUT2D eigenvalue weighted by Gasteiger charge is 2.12. The molecule has 0 N–H and O–H groups in total. The Balaban J connectivity index is 2.05. The van der Waals surface area contributed by atoms with Crippen LogP contribution in [0.5, 0.6) is 0 Å². The molecule has 1 aliphatic carbocycles. The first kappa shape index (κ1) is 16.0. The molecule has 0 bridgehead atoms. The summed E-state index contributed by atoms with van der Waals surface area (Å²) in [6.45, 7) is 10.7. The molecule has 0 saturated heterocycles. The minimum absolute atomic E-state index is 0.294. The number of hydrogen-bond donors (Lipinski definition) is 0. The van der Waals surface area contributed by atoms with E-state index >= 15 is 0 Å². The summed E-state index contributed by atoms with van der Waals surface area (Å²) in [5.41, 5.74) is 6.75. The molecule has 1 atom stereocenters. The average Bonchev–Trinajstić information content (AvgIpc) is 2.68. The highest BCUT2D eigenvalue weighted by molar-refractivity contribution is 5.81. The zero-order valence-corrected chi connectivity index (χ0v) is 14.1. The Kier molecular flexibility index (Phi) is 4.77. The van der Waals surface area contributed by atoms with Crippen molar-refractivity contribution >= 4 is 11.1 Å². The number of rotatable bonds is 2. The first-order valence-electron chi connectivity index (χ1n) is 8.25. The fourth-order valence-corrected chi connectivity index (χ4v) is 2.88. The summed E-state index contributed by atoms with van der Waals surface area (Å²) in [5.74, 6) is 0.294. The normalized spacial score (nSPS) is 24.0. The van der Waals surface area contributed by atoms with E-state index in [4.69, 9.17) is 0 Å². The minimum Gasteiger partial charge on any atom is -0.0912 e. The molecule has 0 saturated carbocycles. The van der Waals surface area contributed by atoms with Crippen LogP contribution in [0.3, 0.4) is 0 Å². The highest BCUT2D eigenvalue weighted by Crippen LogP contribution is 2.31. The molecular weight excluding hydrogens is 288 g/mol. The van der Waals surface area contributed by atoms with E-state index in [9.17, 15) is 0 Å². The quantitative estimate of drug-likeness (QED) is 0.596. The molecule has 0 fully saturated rings. The van der Waals surface area contributed by atoms with E-state index in [2.05, 4.69) is 92.9 Å². The second-order valence-corrected chi connectivity index (χ2v) is 6.13. The van der Waals surface area contributed by atoms with Crippen LogP contribution in [0.1, 0.15) is 18.1 Å². The Morgan fingerprint density at radius 2 is 1.25 bits per heavy atom. The van der Waals surface area contributed by atoms with Crippen LogP contribution >= 0.6 is 0 Å². The summed E-state index contributed by atoms with van der Waals surface area (Å²) in [4.78, 5) is 0. The summed E-state index contributed by atoms with van der Waals surface area (Å²) in [7, 11) is 0. The molecule has 0 heteroatoms. The van der Waals surface area contributed by atoms with Crippen LogP contribution in [-0.2, 0) is 0 Å². The summed E-state index contributed by atoms with van der Waals surface area (Å²) in [6, 6.07) is 20.9. The number of benzene rings is 2. The zero-order chi connectivity index (χ0) is 16.9. The molecule has 0 amide bonds. The van der Waals surface area contributed by atoms with Crippen molar-refractivity contribution in [3.63, 3.8) is 0 Å². The van der Waals surface area contributed by atoms with Gasteiger partial charge in [-0.25, -0.2) is 0 Å². The van der Waals surface area contributed by atoms with Crippen molar-refractivity contribution in [1.82, 2.24) is 0 Å². The van der Waals surface area contributed by atoms with Gasteiger partial charge in [-0.1, -0.05) is 99.0 Å². The third kappa shape index (κ3) is 3.55. The molecule has 3 rings (SSSR count). The molecule has 1 aliphatic rings. The molecule has 1 unspecified atom stereocenters. The molecule has 118 valence electrons. The van der Waals surface area contributed by atoms with Crippen molar-refractivity contribution in [2.75, 3.05) is 0 Å². The van der Waals surface area contributed by atoms with Crippen LogP contribution < -0.4 is 0 Å². The molecular formula is C24H22. The van der Waals surface area contributed by atoms with Crippen LogP contribution in [0, 0.1) is 5.92 Å². The summed E-state index contributed by atoms with van der Waals surface area (Å²) >= 11 is 0. The van der Waals surface area contributed by atoms with E-state index in [1.807, 2.05) is 12.1 Å². The Morgan fingerprint density at radius 1 is 0.708 bits per heavy atom. The lowest BCUT2D eigenvalue weighted by atomic mass is 9.91. The second-order valence-electron chi connectivity index (χ2n) is 6.13. The maximum absolute atomic E-state index is 4.23. The van der Waals surface area contributed by atoms with Crippen LogP contribution in [0.15, 0.2) is 109 Å². The van der Waals surface area contributed by atoms with Crippen molar-refractivity contribution in [2.24, 2.45) is 5.92 Å². The van der Waals surface area contributed by atoms with Gasteiger partial charge in [0.1, 0.15) is 0 Å². The smallest absolute Gasteiger partial charge is 0.0000955 e. The van der Waals surface area contributed by atoms with Gasteiger partial charge < -0.3 is 0 Å². The molecule has 0 radical (unpaired) electrons. The monoisotopic (exact) mass is 310 g/mol. The average molecular weight is 310 g/mol. The van der Waals surface area contributed by atoms with E-state index in [0.29, 0.717) is 5.92 Å². The zero-order valence-electron chi connectivity index (χ0n) is 14.1. The largest absolute Gasteiger partial charge is 0.0912 e. The van der Waals surface area contributed by atoms with Crippen molar-refractivity contribution in [3.8, 4) is 0 Å². The third-order valence-corrected chi connectivity index (χ3v) is 4.34. The van der Waals surface area contributed by atoms with Gasteiger partial charge in [0.25, 0.3) is 0 Å². The van der Waals surface area contributed by atoms with Gasteiger partial charge >= 0.3 is 0 Å². The molecule has 0 nitrogen and oxygen atoms in total. The second kappa shape index (κ2) is 7.14. The lowest BCUT2D eigenvalue weighted by molar-refractivity contribution is 0.964. The molecule has 0 heterocycles. The molecule has 2 aromatic carbocycles. The topological polar surface area (TPSA) is 0 Å². The SMILES string of the molecule is C=C1/C=C(c2ccccc2)\C=C/C(C)/C(c2ccccc2)=C\C1=C. The van der Waals surface area contributed by atoms with Gasteiger partial charge in [0.15, 0.2) is 0 Å². The van der Waals surface area contributed by atoms with Crippen LogP contribution in [0.4, 0.5) is 0 Å². The predicted molar refractivity (Wildman–Crippen MR) is 105 cm³/mol. The molecule has 0 aromatic heterocycles. The first-order valence-corrected chi connectivity index (χ1v) is 8.25. The predicted octanol–water partition coefficient (Wildman–Crippen LogP) is 6.47. The van der Waals surface area contributed by atoms with Crippen LogP contribution in [0.25, 0.3) is 11.1 Å². The van der Waals surface area contributed by atoms with Gasteiger partial charge in [0.2, 0.25) is 0 Å². The molecule has 0 aliphatic heterocycles. The molecule has 24 heavy (non-hydrogen) atoms. The van der Waals surface area contributed by atoms with Gasteiger partial charge in [-0.3, -0.25) is 0 Å². The number of allylic oxidation sites excluding steroid dienone is 8. The van der Waals surface area contributed by atoms with Crippen LogP contribution in [-0.4, -0.2) is 0 Å². The highest BCUT2D eigenvalue weighted by atomic mass is 14.2. The summed E-state index contributed by atoms with van der Waals surface area (Å²) < 4.78 is 0. The maximum Gasteiger partial charge on any atom is -0.0000955 e. The standard InChI is InChI=1S/C24H22/c1-18-14-15-23(21-10-6-4-7-11-21)16-19(2)20(3)17-24(18)22-12-8-5-9-13-22/h4-18H,2-3H2,1H3/b15-14-,23-16+,24-17+. The van der Waals surface area contributed by atoms with Crippen molar-refractivity contribution in [3.05, 3.63) is 120 Å². The minimum atomic E-state index is 0.294. The van der Waals surface area contributed by atoms with E-state index in [-0.39, 0.29) is 0 Å². The van der Waals surface area contributed by atoms with Gasteiger partial charge in [-0.15, -0.1) is 0 Å². The van der Waals surface area contributed by atoms with Crippen molar-refractivity contribution in [2.45, 2.75) is 6.92 Å². The Morgan fingerprint density at radius 3 is 1.88 bits per heavy atom. The van der Waals surface area contributed by atoms with Crippen molar-refractivity contribution in [1.29, 1.82) is 0 Å². The Hall–Kier alpha value is -2.86. The van der Waals surface area contributed by atoms with Crippen molar-refractivity contribution < 1.29 is 0 Å². The van der Waals surface area contributed by atoms with Gasteiger partial charge in [-0.05, 0) is 45.4 Å². The number of hydrogen-bond acceptors (Lipinski definition) is 0. The fourth-order valence-electron chi connectivity index (χ4n) is 2.88. The maximum atomic E-state index is 4.23. The van der Waals surface area contributed by atoms with E-state index < -0.39 is 0 Å². The Labute approximate surface area is 144 Å². The molecule has 2 aromatic rings. The first-order chi connectivity index (χ1) is 11.6. The lowest BCUT2D eigenvalue weighted by Crippen LogP contribution is -1.96. The van der Waals surface area contributed by atoms with Crippen LogP contribution in [0.2, 0.25) is 0 Å². The Bertz CT molecular complexity index is 830. The third-order valence-electron chi connectivity index (χ3n) is 4.34. The molecule has 0 spiro atoms. The fraction of sp³-hybridized carbons (Fsp3) is 0.0833. The summed E-state index contributed by atoms with van der Waals surface area (Å²) in [6.07, 6.45) is 8.73. The summed E-state index contributed by atoms with van der Waals surface area (Å²) in [5, 5.41) is 0. The van der Waals surface area contributed by atoms with Gasteiger partial charge in [-0.2, -0.15) is 0 Å². The van der Waals surface area contributed by atoms with E-state index in [0.717, 1.165) is 16.7 Å². The van der Waals surface area contributed by atoms with Gasteiger partial charge in [0.05, 0.1) is 0 Å². The van der Waals surface area contributed by atoms with Gasteiger partial charge in [0, 0.05) is 0 Å². The van der Waals surface area contributed by atoms with E-state index in [1.54, 1.807) is 0 Å².